The predicted octanol–water partition coefficient (Wildman–Crippen LogP) is 4.60. The van der Waals surface area contributed by atoms with Gasteiger partial charge in [-0.3, -0.25) is 0 Å². The molecule has 0 amide bonds. The maximum atomic E-state index is 11.1. The van der Waals surface area contributed by atoms with Crippen LogP contribution in [0.3, 0.4) is 0 Å². The van der Waals surface area contributed by atoms with Gasteiger partial charge >= 0.3 is 5.97 Å². The van der Waals surface area contributed by atoms with Gasteiger partial charge in [-0.1, -0.05) is 18.2 Å². The lowest BCUT2D eigenvalue weighted by molar-refractivity contribution is 0.0696. The average Bonchev–Trinajstić information content (AvgIpc) is 2.87. The molecule has 0 bridgehead atoms. The van der Waals surface area contributed by atoms with E-state index < -0.39 is 12.1 Å². The fourth-order valence-corrected chi connectivity index (χ4v) is 4.01. The lowest BCUT2D eigenvalue weighted by Gasteiger charge is -2.27. The van der Waals surface area contributed by atoms with Crippen molar-refractivity contribution in [3.05, 3.63) is 83.4 Å². The Morgan fingerprint density at radius 1 is 1.11 bits per heavy atom. The molecule has 3 N–H and O–H groups in total. The van der Waals surface area contributed by atoms with Gasteiger partial charge < -0.3 is 29.7 Å². The molecule has 0 aromatic heterocycles. The molecule has 0 saturated heterocycles. The molecule has 3 aromatic rings. The van der Waals surface area contributed by atoms with E-state index in [2.05, 4.69) is 5.32 Å². The number of ether oxygens (including phenoxy) is 3. The molecule has 0 radical (unpaired) electrons. The number of rotatable bonds is 11. The maximum absolute atomic E-state index is 11.1. The Kier molecular flexibility index (Phi) is 8.23. The fourth-order valence-electron chi connectivity index (χ4n) is 4.01. The normalized spacial score (nSPS) is 15.5. The van der Waals surface area contributed by atoms with Crippen LogP contribution in [-0.4, -0.2) is 48.1 Å². The molecule has 0 fully saturated rings. The van der Waals surface area contributed by atoms with E-state index in [-0.39, 0.29) is 18.3 Å². The topological polar surface area (TPSA) is 97.3 Å². The van der Waals surface area contributed by atoms with Gasteiger partial charge in [-0.25, -0.2) is 4.79 Å². The number of benzene rings is 3. The Morgan fingerprint density at radius 3 is 2.71 bits per heavy atom. The second kappa shape index (κ2) is 11.7. The van der Waals surface area contributed by atoms with Crippen molar-refractivity contribution in [2.45, 2.75) is 38.4 Å². The zero-order valence-corrected chi connectivity index (χ0v) is 19.8. The molecular weight excluding hydrogens is 446 g/mol. The summed E-state index contributed by atoms with van der Waals surface area (Å²) in [5.41, 5.74) is 2.10. The van der Waals surface area contributed by atoms with Crippen molar-refractivity contribution in [1.29, 1.82) is 0 Å². The van der Waals surface area contributed by atoms with Crippen LogP contribution in [0.1, 0.15) is 34.3 Å². The highest BCUT2D eigenvalue weighted by atomic mass is 16.5. The largest absolute Gasteiger partial charge is 0.491 e. The van der Waals surface area contributed by atoms with E-state index >= 15 is 0 Å². The molecule has 1 heterocycles. The minimum absolute atomic E-state index is 0.116. The third-order valence-corrected chi connectivity index (χ3v) is 5.92. The van der Waals surface area contributed by atoms with Crippen molar-refractivity contribution >= 4 is 5.97 Å². The zero-order valence-electron chi connectivity index (χ0n) is 19.8. The van der Waals surface area contributed by atoms with Crippen LogP contribution >= 0.6 is 0 Å². The minimum atomic E-state index is -0.955. The van der Waals surface area contributed by atoms with E-state index in [9.17, 15) is 9.90 Å². The Balaban J connectivity index is 1.21. The quantitative estimate of drug-likeness (QED) is 0.347. The molecule has 7 heteroatoms. The van der Waals surface area contributed by atoms with Crippen molar-refractivity contribution < 1.29 is 29.2 Å². The first-order chi connectivity index (χ1) is 17.0. The van der Waals surface area contributed by atoms with E-state index in [4.69, 9.17) is 19.3 Å². The summed E-state index contributed by atoms with van der Waals surface area (Å²) in [6, 6.07) is 20.1. The summed E-state index contributed by atoms with van der Waals surface area (Å²) in [5.74, 6) is 1.99. The van der Waals surface area contributed by atoms with Crippen molar-refractivity contribution in [2.75, 3.05) is 19.7 Å². The Labute approximate surface area is 205 Å². The summed E-state index contributed by atoms with van der Waals surface area (Å²) in [5, 5.41) is 22.5. The standard InChI is InChI=1S/C28H31NO6/c1-19-15-21(28(31)32)8-11-26(19)35-25-10-12-27-20(16-25)7-9-24(34-27)13-14-29-17-22(30)18-33-23-5-3-2-4-6-23/h2-6,8,10-12,15-16,22,24,29-30H,7,9,13-14,17-18H2,1H3,(H,31,32). The van der Waals surface area contributed by atoms with Crippen LogP contribution in [0.15, 0.2) is 66.7 Å². The van der Waals surface area contributed by atoms with Gasteiger partial charge in [0.2, 0.25) is 0 Å². The number of aliphatic hydroxyl groups is 1. The summed E-state index contributed by atoms with van der Waals surface area (Å²) in [7, 11) is 0. The summed E-state index contributed by atoms with van der Waals surface area (Å²) in [4.78, 5) is 11.1. The SMILES string of the molecule is Cc1cc(C(=O)O)ccc1Oc1ccc2c(c1)CCC(CCNCC(O)COc1ccccc1)O2. The van der Waals surface area contributed by atoms with E-state index in [0.29, 0.717) is 18.0 Å². The van der Waals surface area contributed by atoms with Crippen molar-refractivity contribution in [3.63, 3.8) is 0 Å². The zero-order chi connectivity index (χ0) is 24.6. The molecule has 1 aliphatic rings. The van der Waals surface area contributed by atoms with Crippen LogP contribution in [0, 0.1) is 6.92 Å². The van der Waals surface area contributed by atoms with Gasteiger partial charge in [-0.05, 0) is 92.4 Å². The number of para-hydroxylation sites is 1. The smallest absolute Gasteiger partial charge is 0.335 e. The van der Waals surface area contributed by atoms with Crippen molar-refractivity contribution in [3.8, 4) is 23.0 Å². The number of carbonyl (C=O) groups is 1. The van der Waals surface area contributed by atoms with Gasteiger partial charge in [0.25, 0.3) is 0 Å². The Hall–Kier alpha value is -3.55. The number of nitrogens with one attached hydrogen (secondary N) is 1. The van der Waals surface area contributed by atoms with Crippen LogP contribution in [-0.2, 0) is 6.42 Å². The lowest BCUT2D eigenvalue weighted by atomic mass is 10.00. The molecule has 0 saturated carbocycles. The van der Waals surface area contributed by atoms with Gasteiger partial charge in [0.15, 0.2) is 0 Å². The second-order valence-electron chi connectivity index (χ2n) is 8.71. The van der Waals surface area contributed by atoms with Crippen molar-refractivity contribution in [2.24, 2.45) is 0 Å². The number of aryl methyl sites for hydroxylation is 2. The molecule has 3 aromatic carbocycles. The third-order valence-electron chi connectivity index (χ3n) is 5.92. The summed E-state index contributed by atoms with van der Waals surface area (Å²) in [6.07, 6.45) is 2.18. The Bertz CT molecular complexity index is 1130. The molecule has 184 valence electrons. The van der Waals surface area contributed by atoms with E-state index in [1.165, 1.54) is 0 Å². The van der Waals surface area contributed by atoms with Gasteiger partial charge in [0.05, 0.1) is 5.56 Å². The molecule has 4 rings (SSSR count). The molecule has 7 nitrogen and oxygen atoms in total. The van der Waals surface area contributed by atoms with Gasteiger partial charge in [-0.15, -0.1) is 0 Å². The summed E-state index contributed by atoms with van der Waals surface area (Å²) in [6.45, 7) is 3.29. The lowest BCUT2D eigenvalue weighted by Crippen LogP contribution is -2.34. The van der Waals surface area contributed by atoms with Gasteiger partial charge in [-0.2, -0.15) is 0 Å². The minimum Gasteiger partial charge on any atom is -0.491 e. The number of aromatic carboxylic acids is 1. The number of aliphatic hydroxyl groups excluding tert-OH is 1. The molecule has 2 unspecified atom stereocenters. The van der Waals surface area contributed by atoms with E-state index in [1.807, 2.05) is 55.5 Å². The number of hydrogen-bond acceptors (Lipinski definition) is 6. The molecule has 0 spiro atoms. The third kappa shape index (κ3) is 6.97. The molecule has 1 aliphatic heterocycles. The van der Waals surface area contributed by atoms with Crippen LogP contribution in [0.4, 0.5) is 0 Å². The number of carboxylic acids is 1. The number of fused-ring (bicyclic) bond motifs is 1. The molecule has 2 atom stereocenters. The van der Waals surface area contributed by atoms with Gasteiger partial charge in [0.1, 0.15) is 41.8 Å². The highest BCUT2D eigenvalue weighted by Crippen LogP contribution is 2.34. The predicted molar refractivity (Wildman–Crippen MR) is 133 cm³/mol. The van der Waals surface area contributed by atoms with Crippen LogP contribution in [0.2, 0.25) is 0 Å². The summed E-state index contributed by atoms with van der Waals surface area (Å²) < 4.78 is 17.7. The molecular formula is C28H31NO6. The first-order valence-electron chi connectivity index (χ1n) is 11.9. The molecule has 0 aliphatic carbocycles. The first kappa shape index (κ1) is 24.6. The summed E-state index contributed by atoms with van der Waals surface area (Å²) >= 11 is 0. The first-order valence-corrected chi connectivity index (χ1v) is 11.9. The fraction of sp³-hybridized carbons (Fsp3) is 0.321. The van der Waals surface area contributed by atoms with Crippen LogP contribution in [0.5, 0.6) is 23.0 Å². The maximum Gasteiger partial charge on any atom is 0.335 e. The van der Waals surface area contributed by atoms with Crippen LogP contribution < -0.4 is 19.5 Å². The average molecular weight is 478 g/mol. The van der Waals surface area contributed by atoms with Gasteiger partial charge in [0, 0.05) is 6.54 Å². The van der Waals surface area contributed by atoms with Crippen molar-refractivity contribution in [1.82, 2.24) is 5.32 Å². The van der Waals surface area contributed by atoms with E-state index in [0.717, 1.165) is 48.4 Å². The van der Waals surface area contributed by atoms with Crippen LogP contribution in [0.25, 0.3) is 0 Å². The monoisotopic (exact) mass is 477 g/mol. The number of carboxylic acid groups (broad SMARTS) is 1. The number of hydrogen-bond donors (Lipinski definition) is 3. The highest BCUT2D eigenvalue weighted by Gasteiger charge is 2.20. The highest BCUT2D eigenvalue weighted by molar-refractivity contribution is 5.88. The second-order valence-corrected chi connectivity index (χ2v) is 8.71. The Morgan fingerprint density at radius 2 is 1.94 bits per heavy atom. The van der Waals surface area contributed by atoms with E-state index in [1.54, 1.807) is 18.2 Å². The molecule has 35 heavy (non-hydrogen) atoms.